The molecule has 1 aromatic heterocycles. The van der Waals surface area contributed by atoms with Crippen LogP contribution in [0.5, 0.6) is 0 Å². The monoisotopic (exact) mass is 375 g/mol. The predicted molar refractivity (Wildman–Crippen MR) is 101 cm³/mol. The molecule has 0 atom stereocenters. The highest BCUT2D eigenvalue weighted by molar-refractivity contribution is 7.98. The zero-order valence-electron chi connectivity index (χ0n) is 14.2. The third kappa shape index (κ3) is 5.06. The molecule has 0 unspecified atom stereocenters. The molecule has 7 heteroatoms. The van der Waals surface area contributed by atoms with Gasteiger partial charge in [0, 0.05) is 34.7 Å². The summed E-state index contributed by atoms with van der Waals surface area (Å²) >= 11 is 3.35. The van der Waals surface area contributed by atoms with Crippen LogP contribution < -0.4 is 5.32 Å². The van der Waals surface area contributed by atoms with Crippen molar-refractivity contribution in [2.24, 2.45) is 0 Å². The third-order valence-electron chi connectivity index (χ3n) is 4.03. The fourth-order valence-corrected chi connectivity index (χ4v) is 4.18. The second-order valence-electron chi connectivity index (χ2n) is 5.94. The van der Waals surface area contributed by atoms with Crippen LogP contribution in [0.3, 0.4) is 0 Å². The molecule has 5 nitrogen and oxygen atoms in total. The van der Waals surface area contributed by atoms with Gasteiger partial charge in [0.05, 0.1) is 17.2 Å². The smallest absolute Gasteiger partial charge is 0.251 e. The average molecular weight is 376 g/mol. The molecule has 0 bridgehead atoms. The Labute approximate surface area is 155 Å². The van der Waals surface area contributed by atoms with Gasteiger partial charge in [-0.05, 0) is 44.0 Å². The first kappa shape index (κ1) is 17.9. The van der Waals surface area contributed by atoms with Crippen molar-refractivity contribution in [1.82, 2.24) is 15.2 Å². The van der Waals surface area contributed by atoms with Crippen LogP contribution in [0.2, 0.25) is 0 Å². The van der Waals surface area contributed by atoms with Gasteiger partial charge in [0.1, 0.15) is 0 Å². The number of carbonyl (C=O) groups excluding carboxylic acids is 2. The minimum absolute atomic E-state index is 0.00316. The van der Waals surface area contributed by atoms with Gasteiger partial charge < -0.3 is 10.2 Å². The number of thioether (sulfide) groups is 1. The number of benzene rings is 1. The van der Waals surface area contributed by atoms with Crippen LogP contribution in [-0.4, -0.2) is 41.3 Å². The zero-order valence-corrected chi connectivity index (χ0v) is 15.8. The lowest BCUT2D eigenvalue weighted by molar-refractivity contribution is -0.129. The standard InChI is InChI=1S/C18H21N3O2S2/c1-13-20-15(11-24-13)12-25-16-6-4-14(5-7-16)18(23)19-10-17(22)21-8-2-3-9-21/h4-7,11H,2-3,8-10,12H2,1H3,(H,19,23). The van der Waals surface area contributed by atoms with E-state index in [4.69, 9.17) is 0 Å². The minimum Gasteiger partial charge on any atom is -0.343 e. The van der Waals surface area contributed by atoms with Crippen molar-refractivity contribution >= 4 is 34.9 Å². The van der Waals surface area contributed by atoms with Crippen LogP contribution in [0.1, 0.15) is 33.9 Å². The Kier molecular flexibility index (Phi) is 6.09. The summed E-state index contributed by atoms with van der Waals surface area (Å²) in [6, 6.07) is 7.46. The molecule has 132 valence electrons. The fourth-order valence-electron chi connectivity index (χ4n) is 2.67. The van der Waals surface area contributed by atoms with Crippen molar-refractivity contribution in [3.8, 4) is 0 Å². The van der Waals surface area contributed by atoms with E-state index >= 15 is 0 Å². The van der Waals surface area contributed by atoms with Gasteiger partial charge in [0.15, 0.2) is 0 Å². The lowest BCUT2D eigenvalue weighted by Crippen LogP contribution is -2.38. The van der Waals surface area contributed by atoms with Gasteiger partial charge in [-0.15, -0.1) is 23.1 Å². The molecule has 0 radical (unpaired) electrons. The minimum atomic E-state index is -0.209. The number of carbonyl (C=O) groups is 2. The molecule has 25 heavy (non-hydrogen) atoms. The zero-order chi connectivity index (χ0) is 17.6. The molecule has 1 N–H and O–H groups in total. The van der Waals surface area contributed by atoms with E-state index < -0.39 is 0 Å². The van der Waals surface area contributed by atoms with Crippen LogP contribution in [0.4, 0.5) is 0 Å². The number of hydrogen-bond acceptors (Lipinski definition) is 5. The SMILES string of the molecule is Cc1nc(CSc2ccc(C(=O)NCC(=O)N3CCCC3)cc2)cs1. The van der Waals surface area contributed by atoms with Crippen molar-refractivity contribution in [2.75, 3.05) is 19.6 Å². The second kappa shape index (κ2) is 8.49. The van der Waals surface area contributed by atoms with Crippen LogP contribution in [0.25, 0.3) is 0 Å². The van der Waals surface area contributed by atoms with Gasteiger partial charge in [0.25, 0.3) is 5.91 Å². The summed E-state index contributed by atoms with van der Waals surface area (Å²) in [5.41, 5.74) is 1.65. The van der Waals surface area contributed by atoms with Crippen LogP contribution in [-0.2, 0) is 10.5 Å². The normalized spacial score (nSPS) is 13.9. The summed E-state index contributed by atoms with van der Waals surface area (Å²) in [4.78, 5) is 31.5. The quantitative estimate of drug-likeness (QED) is 0.788. The van der Waals surface area contributed by atoms with Crippen LogP contribution in [0, 0.1) is 6.92 Å². The molecule has 0 aliphatic carbocycles. The summed E-state index contributed by atoms with van der Waals surface area (Å²) in [5.74, 6) is 0.607. The first-order chi connectivity index (χ1) is 12.1. The van der Waals surface area contributed by atoms with Crippen molar-refractivity contribution < 1.29 is 9.59 Å². The summed E-state index contributed by atoms with van der Waals surface area (Å²) in [7, 11) is 0. The Morgan fingerprint density at radius 3 is 2.60 bits per heavy atom. The lowest BCUT2D eigenvalue weighted by atomic mass is 10.2. The molecule has 1 aliphatic rings. The maximum absolute atomic E-state index is 12.2. The molecular formula is C18H21N3O2S2. The van der Waals surface area contributed by atoms with Crippen molar-refractivity contribution in [3.63, 3.8) is 0 Å². The number of nitrogens with one attached hydrogen (secondary N) is 1. The molecule has 2 heterocycles. The first-order valence-electron chi connectivity index (χ1n) is 8.31. The van der Waals surface area contributed by atoms with Gasteiger partial charge in [-0.25, -0.2) is 4.98 Å². The first-order valence-corrected chi connectivity index (χ1v) is 10.2. The van der Waals surface area contributed by atoms with E-state index in [0.717, 1.165) is 47.3 Å². The highest BCUT2D eigenvalue weighted by atomic mass is 32.2. The van der Waals surface area contributed by atoms with E-state index in [1.807, 2.05) is 19.1 Å². The lowest BCUT2D eigenvalue weighted by Gasteiger charge is -2.15. The van der Waals surface area contributed by atoms with Crippen molar-refractivity contribution in [2.45, 2.75) is 30.4 Å². The average Bonchev–Trinajstić information content (AvgIpc) is 3.30. The number of thiazole rings is 1. The van der Waals surface area contributed by atoms with Gasteiger partial charge in [-0.3, -0.25) is 9.59 Å². The van der Waals surface area contributed by atoms with E-state index in [0.29, 0.717) is 5.56 Å². The highest BCUT2D eigenvalue weighted by Gasteiger charge is 2.18. The Hall–Kier alpha value is -1.86. The van der Waals surface area contributed by atoms with Crippen molar-refractivity contribution in [1.29, 1.82) is 0 Å². The van der Waals surface area contributed by atoms with Crippen molar-refractivity contribution in [3.05, 3.63) is 45.9 Å². The summed E-state index contributed by atoms with van der Waals surface area (Å²) in [5, 5.41) is 5.86. The van der Waals surface area contributed by atoms with Gasteiger partial charge >= 0.3 is 0 Å². The molecular weight excluding hydrogens is 354 g/mol. The number of nitrogens with zero attached hydrogens (tertiary/aromatic N) is 2. The molecule has 1 aliphatic heterocycles. The maximum Gasteiger partial charge on any atom is 0.251 e. The van der Waals surface area contributed by atoms with E-state index in [9.17, 15) is 9.59 Å². The van der Waals surface area contributed by atoms with Crippen LogP contribution >= 0.6 is 23.1 Å². The van der Waals surface area contributed by atoms with E-state index in [1.165, 1.54) is 0 Å². The molecule has 3 rings (SSSR count). The molecule has 1 saturated heterocycles. The van der Waals surface area contributed by atoms with Gasteiger partial charge in [-0.2, -0.15) is 0 Å². The number of hydrogen-bond donors (Lipinski definition) is 1. The number of amides is 2. The number of rotatable bonds is 6. The highest BCUT2D eigenvalue weighted by Crippen LogP contribution is 2.23. The largest absolute Gasteiger partial charge is 0.343 e. The Bertz CT molecular complexity index is 737. The molecule has 1 aromatic carbocycles. The Morgan fingerprint density at radius 2 is 1.96 bits per heavy atom. The fraction of sp³-hybridized carbons (Fsp3) is 0.389. The summed E-state index contributed by atoms with van der Waals surface area (Å²) in [6.45, 7) is 3.68. The number of likely N-dealkylation sites (tertiary alicyclic amines) is 1. The molecule has 2 amide bonds. The van der Waals surface area contributed by atoms with Crippen LogP contribution in [0.15, 0.2) is 34.5 Å². The van der Waals surface area contributed by atoms with Gasteiger partial charge in [0.2, 0.25) is 5.91 Å². The van der Waals surface area contributed by atoms with E-state index in [-0.39, 0.29) is 18.4 Å². The summed E-state index contributed by atoms with van der Waals surface area (Å²) in [6.07, 6.45) is 2.11. The molecule has 2 aromatic rings. The van der Waals surface area contributed by atoms with Gasteiger partial charge in [-0.1, -0.05) is 0 Å². The van der Waals surface area contributed by atoms with E-state index in [1.54, 1.807) is 40.1 Å². The Morgan fingerprint density at radius 1 is 1.24 bits per heavy atom. The number of aromatic nitrogens is 1. The maximum atomic E-state index is 12.2. The third-order valence-corrected chi connectivity index (χ3v) is 5.90. The predicted octanol–water partition coefficient (Wildman–Crippen LogP) is 3.10. The Balaban J connectivity index is 1.47. The molecule has 0 saturated carbocycles. The molecule has 0 spiro atoms. The summed E-state index contributed by atoms with van der Waals surface area (Å²) < 4.78 is 0. The second-order valence-corrected chi connectivity index (χ2v) is 8.05. The molecule has 1 fully saturated rings. The topological polar surface area (TPSA) is 62.3 Å². The number of aryl methyl sites for hydroxylation is 1. The van der Waals surface area contributed by atoms with E-state index in [2.05, 4.69) is 15.7 Å².